The van der Waals surface area contributed by atoms with Crippen LogP contribution in [0.15, 0.2) is 12.1 Å². The molecule has 0 radical (unpaired) electrons. The van der Waals surface area contributed by atoms with Gasteiger partial charge >= 0.3 is 6.09 Å². The van der Waals surface area contributed by atoms with Crippen molar-refractivity contribution >= 4 is 17.7 Å². The second kappa shape index (κ2) is 7.41. The average Bonchev–Trinajstić information content (AvgIpc) is 2.80. The van der Waals surface area contributed by atoms with E-state index in [0.717, 1.165) is 24.3 Å². The van der Waals surface area contributed by atoms with Gasteiger partial charge in [0.2, 0.25) is 5.91 Å². The van der Waals surface area contributed by atoms with Gasteiger partial charge < -0.3 is 19.3 Å². The first-order valence-electron chi connectivity index (χ1n) is 9.78. The largest absolute Gasteiger partial charge is 0.489 e. The summed E-state index contributed by atoms with van der Waals surface area (Å²) in [6, 6.07) is 4.14. The third-order valence-electron chi connectivity index (χ3n) is 4.99. The van der Waals surface area contributed by atoms with Gasteiger partial charge in [0, 0.05) is 19.5 Å². The number of fused-ring (bicyclic) bond motifs is 2. The van der Waals surface area contributed by atoms with E-state index in [1.54, 1.807) is 4.90 Å². The van der Waals surface area contributed by atoms with Gasteiger partial charge in [0.25, 0.3) is 0 Å². The Hall–Kier alpha value is -2.24. The highest BCUT2D eigenvalue weighted by Crippen LogP contribution is 2.38. The van der Waals surface area contributed by atoms with Crippen LogP contribution in [0.25, 0.3) is 0 Å². The Morgan fingerprint density at radius 2 is 1.81 bits per heavy atom. The van der Waals surface area contributed by atoms with Crippen molar-refractivity contribution in [3.8, 4) is 5.75 Å². The summed E-state index contributed by atoms with van der Waals surface area (Å²) in [5.74, 6) is 0.871. The fourth-order valence-corrected chi connectivity index (χ4v) is 3.63. The lowest BCUT2D eigenvalue weighted by Crippen LogP contribution is -2.44. The molecule has 2 aliphatic rings. The number of rotatable bonds is 1. The maximum Gasteiger partial charge on any atom is 0.410 e. The van der Waals surface area contributed by atoms with E-state index < -0.39 is 5.60 Å². The van der Waals surface area contributed by atoms with Crippen molar-refractivity contribution in [3.63, 3.8) is 0 Å². The summed E-state index contributed by atoms with van der Waals surface area (Å²) >= 11 is 0. The molecule has 1 aromatic rings. The maximum atomic E-state index is 12.5. The smallest absolute Gasteiger partial charge is 0.410 e. The predicted octanol–water partition coefficient (Wildman–Crippen LogP) is 3.55. The second-order valence-corrected chi connectivity index (χ2v) is 8.33. The summed E-state index contributed by atoms with van der Waals surface area (Å²) in [4.78, 5) is 28.5. The highest BCUT2D eigenvalue weighted by molar-refractivity contribution is 5.96. The van der Waals surface area contributed by atoms with E-state index in [1.165, 1.54) is 11.1 Å². The zero-order valence-electron chi connectivity index (χ0n) is 17.0. The zero-order valence-corrected chi connectivity index (χ0v) is 17.0. The maximum absolute atomic E-state index is 12.5. The van der Waals surface area contributed by atoms with Crippen LogP contribution in [0.2, 0.25) is 0 Å². The van der Waals surface area contributed by atoms with Gasteiger partial charge in [-0.15, -0.1) is 0 Å². The summed E-state index contributed by atoms with van der Waals surface area (Å²) < 4.78 is 11.4. The minimum Gasteiger partial charge on any atom is -0.489 e. The highest BCUT2D eigenvalue weighted by Gasteiger charge is 2.31. The van der Waals surface area contributed by atoms with Crippen molar-refractivity contribution in [3.05, 3.63) is 23.3 Å². The van der Waals surface area contributed by atoms with Crippen LogP contribution in [-0.2, 0) is 22.4 Å². The summed E-state index contributed by atoms with van der Waals surface area (Å²) in [6.07, 6.45) is 1.69. The van der Waals surface area contributed by atoms with Gasteiger partial charge in [0.05, 0.1) is 11.7 Å². The molecule has 0 unspecified atom stereocenters. The molecule has 148 valence electrons. The molecule has 0 bridgehead atoms. The minimum atomic E-state index is -0.500. The number of nitrogens with zero attached hydrogens (tertiary/aromatic N) is 2. The van der Waals surface area contributed by atoms with Crippen LogP contribution in [0.3, 0.4) is 0 Å². The van der Waals surface area contributed by atoms with Crippen molar-refractivity contribution in [2.24, 2.45) is 0 Å². The number of hydrogen-bond acceptors (Lipinski definition) is 4. The lowest BCUT2D eigenvalue weighted by atomic mass is 9.99. The molecule has 0 fully saturated rings. The topological polar surface area (TPSA) is 59.1 Å². The van der Waals surface area contributed by atoms with Crippen molar-refractivity contribution in [2.75, 3.05) is 24.6 Å². The molecule has 3 rings (SSSR count). The van der Waals surface area contributed by atoms with E-state index >= 15 is 0 Å². The number of amides is 2. The molecular weight excluding hydrogens is 344 g/mol. The molecule has 0 saturated carbocycles. The van der Waals surface area contributed by atoms with Crippen molar-refractivity contribution < 1.29 is 19.1 Å². The number of benzene rings is 1. The molecule has 2 heterocycles. The van der Waals surface area contributed by atoms with Gasteiger partial charge in [0.1, 0.15) is 18.0 Å². The van der Waals surface area contributed by atoms with Crippen LogP contribution >= 0.6 is 0 Å². The number of carbonyl (C=O) groups is 2. The Bertz CT molecular complexity index is 738. The van der Waals surface area contributed by atoms with E-state index in [-0.39, 0.29) is 18.0 Å². The number of anilines is 1. The van der Waals surface area contributed by atoms with Gasteiger partial charge in [-0.3, -0.25) is 4.79 Å². The molecular formula is C21H30N2O4. The Balaban J connectivity index is 1.84. The first-order valence-corrected chi connectivity index (χ1v) is 9.78. The lowest BCUT2D eigenvalue weighted by Gasteiger charge is -2.35. The molecule has 2 amide bonds. The standard InChI is InChI=1S/C21H30N2O4/c1-6-19(24)23-14(2)13-26-18-12-16-8-10-22(20(25)27-21(3,4)5)9-7-15(16)11-17(18)23/h11-12,14H,6-10,13H2,1-5H3/t14-/m0/s1. The average molecular weight is 374 g/mol. The monoisotopic (exact) mass is 374 g/mol. The summed E-state index contributed by atoms with van der Waals surface area (Å²) in [7, 11) is 0. The predicted molar refractivity (Wildman–Crippen MR) is 104 cm³/mol. The molecule has 1 atom stereocenters. The van der Waals surface area contributed by atoms with Crippen LogP contribution < -0.4 is 9.64 Å². The summed E-state index contributed by atoms with van der Waals surface area (Å²) in [6.45, 7) is 11.3. The zero-order chi connectivity index (χ0) is 19.8. The van der Waals surface area contributed by atoms with Crippen molar-refractivity contribution in [1.82, 2.24) is 4.90 Å². The molecule has 6 nitrogen and oxygen atoms in total. The molecule has 1 aromatic carbocycles. The highest BCUT2D eigenvalue weighted by atomic mass is 16.6. The fraction of sp³-hybridized carbons (Fsp3) is 0.619. The van der Waals surface area contributed by atoms with E-state index in [1.807, 2.05) is 45.6 Å². The summed E-state index contributed by atoms with van der Waals surface area (Å²) in [5.41, 5.74) is 2.70. The minimum absolute atomic E-state index is 0.0204. The SMILES string of the molecule is CCC(=O)N1c2cc3c(cc2OC[C@@H]1C)CCN(C(=O)OC(C)(C)C)CC3. The quantitative estimate of drug-likeness (QED) is 0.754. The van der Waals surface area contributed by atoms with Crippen molar-refractivity contribution in [1.29, 1.82) is 0 Å². The van der Waals surface area contributed by atoms with E-state index in [4.69, 9.17) is 9.47 Å². The van der Waals surface area contributed by atoms with Gasteiger partial charge in [0.15, 0.2) is 0 Å². The third-order valence-corrected chi connectivity index (χ3v) is 4.99. The van der Waals surface area contributed by atoms with E-state index in [0.29, 0.717) is 26.1 Å². The molecule has 6 heteroatoms. The van der Waals surface area contributed by atoms with E-state index in [2.05, 4.69) is 6.07 Å². The lowest BCUT2D eigenvalue weighted by molar-refractivity contribution is -0.119. The van der Waals surface area contributed by atoms with Gasteiger partial charge in [-0.1, -0.05) is 6.92 Å². The first kappa shape index (κ1) is 19.5. The molecule has 0 aliphatic carbocycles. The summed E-state index contributed by atoms with van der Waals surface area (Å²) in [5, 5.41) is 0. The number of hydrogen-bond donors (Lipinski definition) is 0. The Labute approximate surface area is 161 Å². The second-order valence-electron chi connectivity index (χ2n) is 8.33. The number of ether oxygens (including phenoxy) is 2. The van der Waals surface area contributed by atoms with Crippen LogP contribution in [0.4, 0.5) is 10.5 Å². The Morgan fingerprint density at radius 3 is 2.41 bits per heavy atom. The fourth-order valence-electron chi connectivity index (χ4n) is 3.63. The normalized spacial score (nSPS) is 19.5. The van der Waals surface area contributed by atoms with Crippen molar-refractivity contribution in [2.45, 2.75) is 65.5 Å². The number of carbonyl (C=O) groups excluding carboxylic acids is 2. The van der Waals surface area contributed by atoms with E-state index in [9.17, 15) is 9.59 Å². The molecule has 0 saturated heterocycles. The Morgan fingerprint density at radius 1 is 1.19 bits per heavy atom. The van der Waals surface area contributed by atoms with Gasteiger partial charge in [-0.25, -0.2) is 4.79 Å². The molecule has 0 N–H and O–H groups in total. The van der Waals surface area contributed by atoms with Gasteiger partial charge in [-0.05, 0) is 63.8 Å². The molecule has 2 aliphatic heterocycles. The van der Waals surface area contributed by atoms with Crippen LogP contribution in [0, 0.1) is 0 Å². The van der Waals surface area contributed by atoms with Crippen LogP contribution in [0.5, 0.6) is 5.75 Å². The third kappa shape index (κ3) is 4.20. The molecule has 0 aromatic heterocycles. The van der Waals surface area contributed by atoms with Gasteiger partial charge in [-0.2, -0.15) is 0 Å². The van der Waals surface area contributed by atoms with Crippen LogP contribution in [0.1, 0.15) is 52.2 Å². The molecule has 27 heavy (non-hydrogen) atoms. The van der Waals surface area contributed by atoms with Crippen LogP contribution in [-0.4, -0.2) is 48.2 Å². The Kier molecular flexibility index (Phi) is 5.36. The molecule has 0 spiro atoms. The first-order chi connectivity index (χ1) is 12.7.